The molecular weight excluding hydrogens is 320 g/mol. The SMILES string of the molecule is CCOc1ccc(CN(CC)C(=O)c2ccn(C)c(=O)c2)cc1OC. The van der Waals surface area contributed by atoms with Crippen LogP contribution in [0, 0.1) is 0 Å². The Morgan fingerprint density at radius 2 is 1.92 bits per heavy atom. The van der Waals surface area contributed by atoms with Crippen LogP contribution in [0.2, 0.25) is 0 Å². The van der Waals surface area contributed by atoms with Gasteiger partial charge in [0.05, 0.1) is 13.7 Å². The van der Waals surface area contributed by atoms with E-state index in [-0.39, 0.29) is 11.5 Å². The molecule has 0 aliphatic carbocycles. The van der Waals surface area contributed by atoms with Gasteiger partial charge in [0, 0.05) is 38.0 Å². The summed E-state index contributed by atoms with van der Waals surface area (Å²) in [4.78, 5) is 26.1. The molecule has 6 heteroatoms. The van der Waals surface area contributed by atoms with Crippen molar-refractivity contribution in [2.45, 2.75) is 20.4 Å². The lowest BCUT2D eigenvalue weighted by Crippen LogP contribution is -2.31. The van der Waals surface area contributed by atoms with Gasteiger partial charge in [-0.05, 0) is 37.6 Å². The molecule has 0 spiro atoms. The first-order valence-corrected chi connectivity index (χ1v) is 8.25. The second-order valence-electron chi connectivity index (χ2n) is 5.60. The first-order valence-electron chi connectivity index (χ1n) is 8.25. The van der Waals surface area contributed by atoms with Crippen molar-refractivity contribution in [3.8, 4) is 11.5 Å². The fourth-order valence-corrected chi connectivity index (χ4v) is 2.50. The summed E-state index contributed by atoms with van der Waals surface area (Å²) >= 11 is 0. The smallest absolute Gasteiger partial charge is 0.254 e. The van der Waals surface area contributed by atoms with Gasteiger partial charge in [0.15, 0.2) is 11.5 Å². The number of carbonyl (C=O) groups excluding carboxylic acids is 1. The first-order chi connectivity index (χ1) is 12.0. The Labute approximate surface area is 147 Å². The number of amides is 1. The highest BCUT2D eigenvalue weighted by molar-refractivity contribution is 5.94. The summed E-state index contributed by atoms with van der Waals surface area (Å²) in [5, 5.41) is 0. The topological polar surface area (TPSA) is 60.8 Å². The van der Waals surface area contributed by atoms with Gasteiger partial charge in [-0.25, -0.2) is 0 Å². The van der Waals surface area contributed by atoms with Crippen LogP contribution in [0.1, 0.15) is 29.8 Å². The highest BCUT2D eigenvalue weighted by Gasteiger charge is 2.16. The second kappa shape index (κ2) is 8.37. The van der Waals surface area contributed by atoms with Gasteiger partial charge in [-0.15, -0.1) is 0 Å². The average Bonchev–Trinajstić information content (AvgIpc) is 2.62. The fraction of sp³-hybridized carbons (Fsp3) is 0.368. The third kappa shape index (κ3) is 4.41. The molecule has 2 rings (SSSR count). The molecule has 6 nitrogen and oxygen atoms in total. The molecule has 0 radical (unpaired) electrons. The molecule has 0 saturated heterocycles. The van der Waals surface area contributed by atoms with E-state index in [0.29, 0.717) is 36.8 Å². The molecule has 25 heavy (non-hydrogen) atoms. The number of pyridine rings is 1. The minimum absolute atomic E-state index is 0.173. The summed E-state index contributed by atoms with van der Waals surface area (Å²) in [6, 6.07) is 8.64. The van der Waals surface area contributed by atoms with Crippen LogP contribution in [0.4, 0.5) is 0 Å². The van der Waals surface area contributed by atoms with Gasteiger partial charge in [0.1, 0.15) is 0 Å². The van der Waals surface area contributed by atoms with E-state index in [0.717, 1.165) is 5.56 Å². The molecule has 0 aliphatic rings. The summed E-state index contributed by atoms with van der Waals surface area (Å²) < 4.78 is 12.3. The maximum Gasteiger partial charge on any atom is 0.254 e. The Hall–Kier alpha value is -2.76. The van der Waals surface area contributed by atoms with E-state index < -0.39 is 0 Å². The largest absolute Gasteiger partial charge is 0.493 e. The number of rotatable bonds is 7. The molecule has 0 atom stereocenters. The van der Waals surface area contributed by atoms with E-state index in [9.17, 15) is 9.59 Å². The maximum atomic E-state index is 12.7. The molecular formula is C19H24N2O4. The summed E-state index contributed by atoms with van der Waals surface area (Å²) in [7, 11) is 3.24. The monoisotopic (exact) mass is 344 g/mol. The third-order valence-corrected chi connectivity index (χ3v) is 3.92. The molecule has 1 heterocycles. The standard InChI is InChI=1S/C19H24N2O4/c1-5-21(19(23)15-9-10-20(3)18(22)12-15)13-14-7-8-16(25-6-2)17(11-14)24-4/h7-12H,5-6,13H2,1-4H3. The van der Waals surface area contributed by atoms with Crippen molar-refractivity contribution in [3.63, 3.8) is 0 Å². The quantitative estimate of drug-likeness (QED) is 0.774. The minimum atomic E-state index is -0.204. The number of methoxy groups -OCH3 is 1. The lowest BCUT2D eigenvalue weighted by atomic mass is 10.1. The maximum absolute atomic E-state index is 12.7. The number of carbonyl (C=O) groups is 1. The van der Waals surface area contributed by atoms with E-state index in [4.69, 9.17) is 9.47 Å². The Balaban J connectivity index is 2.22. The van der Waals surface area contributed by atoms with E-state index in [1.54, 1.807) is 31.3 Å². The van der Waals surface area contributed by atoms with E-state index in [1.165, 1.54) is 10.6 Å². The van der Waals surface area contributed by atoms with Crippen LogP contribution in [0.5, 0.6) is 11.5 Å². The molecule has 2 aromatic rings. The lowest BCUT2D eigenvalue weighted by molar-refractivity contribution is 0.0752. The van der Waals surface area contributed by atoms with Gasteiger partial charge in [0.2, 0.25) is 0 Å². The lowest BCUT2D eigenvalue weighted by Gasteiger charge is -2.22. The van der Waals surface area contributed by atoms with Gasteiger partial charge in [0.25, 0.3) is 11.5 Å². The van der Waals surface area contributed by atoms with Crippen molar-refractivity contribution in [2.75, 3.05) is 20.3 Å². The molecule has 1 aromatic heterocycles. The molecule has 1 aromatic carbocycles. The van der Waals surface area contributed by atoms with Crippen molar-refractivity contribution >= 4 is 5.91 Å². The summed E-state index contributed by atoms with van der Waals surface area (Å²) in [5.74, 6) is 1.14. The van der Waals surface area contributed by atoms with Gasteiger partial charge < -0.3 is 18.9 Å². The summed E-state index contributed by atoms with van der Waals surface area (Å²) in [6.07, 6.45) is 1.60. The number of hydrogen-bond acceptors (Lipinski definition) is 4. The Kier molecular flexibility index (Phi) is 6.22. The molecule has 0 fully saturated rings. The molecule has 0 unspecified atom stereocenters. The van der Waals surface area contributed by atoms with Crippen molar-refractivity contribution in [1.29, 1.82) is 0 Å². The number of ether oxygens (including phenoxy) is 2. The second-order valence-corrected chi connectivity index (χ2v) is 5.60. The van der Waals surface area contributed by atoms with Crippen LogP contribution in [0.15, 0.2) is 41.3 Å². The van der Waals surface area contributed by atoms with Gasteiger partial charge in [-0.3, -0.25) is 9.59 Å². The molecule has 0 N–H and O–H groups in total. The van der Waals surface area contributed by atoms with Crippen LogP contribution in [0.3, 0.4) is 0 Å². The van der Waals surface area contributed by atoms with Gasteiger partial charge in [-0.1, -0.05) is 6.07 Å². The summed E-state index contributed by atoms with van der Waals surface area (Å²) in [6.45, 7) is 5.33. The van der Waals surface area contributed by atoms with Crippen LogP contribution in [-0.2, 0) is 13.6 Å². The van der Waals surface area contributed by atoms with Gasteiger partial charge in [-0.2, -0.15) is 0 Å². The van der Waals surface area contributed by atoms with E-state index in [2.05, 4.69) is 0 Å². The number of hydrogen-bond donors (Lipinski definition) is 0. The predicted molar refractivity (Wildman–Crippen MR) is 96.3 cm³/mol. The average molecular weight is 344 g/mol. The number of aromatic nitrogens is 1. The molecule has 134 valence electrons. The molecule has 1 amide bonds. The van der Waals surface area contributed by atoms with E-state index in [1.807, 2.05) is 32.0 Å². The first kappa shape index (κ1) is 18.6. The van der Waals surface area contributed by atoms with Crippen molar-refractivity contribution in [3.05, 3.63) is 58.0 Å². The summed E-state index contributed by atoms with van der Waals surface area (Å²) in [5.41, 5.74) is 1.12. The highest BCUT2D eigenvalue weighted by Crippen LogP contribution is 2.28. The number of nitrogens with zero attached hydrogens (tertiary/aromatic N) is 2. The van der Waals surface area contributed by atoms with Crippen LogP contribution in [0.25, 0.3) is 0 Å². The number of benzene rings is 1. The van der Waals surface area contributed by atoms with Crippen molar-refractivity contribution < 1.29 is 14.3 Å². The predicted octanol–water partition coefficient (Wildman–Crippen LogP) is 2.45. The van der Waals surface area contributed by atoms with Crippen molar-refractivity contribution in [1.82, 2.24) is 9.47 Å². The highest BCUT2D eigenvalue weighted by atomic mass is 16.5. The van der Waals surface area contributed by atoms with Crippen molar-refractivity contribution in [2.24, 2.45) is 7.05 Å². The molecule has 0 saturated carbocycles. The van der Waals surface area contributed by atoms with Gasteiger partial charge >= 0.3 is 0 Å². The van der Waals surface area contributed by atoms with Crippen LogP contribution < -0.4 is 15.0 Å². The van der Waals surface area contributed by atoms with E-state index >= 15 is 0 Å². The zero-order chi connectivity index (χ0) is 18.4. The van der Waals surface area contributed by atoms with Crippen LogP contribution >= 0.6 is 0 Å². The fourth-order valence-electron chi connectivity index (χ4n) is 2.50. The number of aryl methyl sites for hydroxylation is 1. The Morgan fingerprint density at radius 1 is 1.16 bits per heavy atom. The molecule has 0 aliphatic heterocycles. The zero-order valence-electron chi connectivity index (χ0n) is 15.1. The minimum Gasteiger partial charge on any atom is -0.493 e. The van der Waals surface area contributed by atoms with Crippen LogP contribution in [-0.4, -0.2) is 35.6 Å². The Morgan fingerprint density at radius 3 is 2.52 bits per heavy atom. The third-order valence-electron chi connectivity index (χ3n) is 3.92. The zero-order valence-corrected chi connectivity index (χ0v) is 15.1. The normalized spacial score (nSPS) is 10.4. The molecule has 0 bridgehead atoms. The Bertz CT molecular complexity index is 798.